The third kappa shape index (κ3) is 10.8. The molecule has 0 radical (unpaired) electrons. The maximum atomic E-state index is 13.8. The van der Waals surface area contributed by atoms with E-state index in [0.29, 0.717) is 36.4 Å². The van der Waals surface area contributed by atoms with Crippen LogP contribution in [-0.4, -0.2) is 60.9 Å². The Labute approximate surface area is 269 Å². The lowest BCUT2D eigenvalue weighted by molar-refractivity contribution is -0.153. The zero-order valence-corrected chi connectivity index (χ0v) is 27.0. The average Bonchev–Trinajstić information content (AvgIpc) is 3.42. The number of benzene rings is 1. The van der Waals surface area contributed by atoms with Gasteiger partial charge in [-0.1, -0.05) is 75.1 Å². The summed E-state index contributed by atoms with van der Waals surface area (Å²) in [6.07, 6.45) is 7.97. The van der Waals surface area contributed by atoms with Gasteiger partial charge in [0, 0.05) is 17.5 Å². The van der Waals surface area contributed by atoms with Crippen molar-refractivity contribution in [3.05, 3.63) is 34.9 Å². The Hall–Kier alpha value is -2.90. The zero-order chi connectivity index (χ0) is 32.4. The molecule has 250 valence electrons. The Morgan fingerprint density at radius 3 is 2.29 bits per heavy atom. The van der Waals surface area contributed by atoms with E-state index in [1.54, 1.807) is 24.3 Å². The second kappa shape index (κ2) is 16.6. The molecule has 1 aromatic carbocycles. The van der Waals surface area contributed by atoms with Gasteiger partial charge in [0.05, 0.1) is 12.0 Å². The second-order valence-corrected chi connectivity index (χ2v) is 14.4. The third-order valence-electron chi connectivity index (χ3n) is 8.98. The quantitative estimate of drug-likeness (QED) is 0.177. The molecule has 3 aliphatic rings. The van der Waals surface area contributed by atoms with E-state index in [2.05, 4.69) is 16.0 Å². The molecule has 3 fully saturated rings. The fourth-order valence-electron chi connectivity index (χ4n) is 6.54. The molecule has 45 heavy (non-hydrogen) atoms. The molecule has 1 heterocycles. The number of hydrogen-bond donors (Lipinski definition) is 4. The number of hydrogen-bond acceptors (Lipinski definition) is 8. The number of halogens is 1. The Morgan fingerprint density at radius 2 is 1.67 bits per heavy atom. The summed E-state index contributed by atoms with van der Waals surface area (Å²) in [4.78, 5) is 52.2. The minimum absolute atomic E-state index is 0.0917. The molecule has 4 atom stereocenters. The predicted octanol–water partition coefficient (Wildman–Crippen LogP) is 4.25. The number of alkyl carbamates (subject to hydrolysis) is 1. The first kappa shape index (κ1) is 35.0. The minimum Gasteiger partial charge on any atom is -0.445 e. The highest BCUT2D eigenvalue weighted by molar-refractivity contribution is 7.86. The molecule has 0 aromatic heterocycles. The SMILES string of the molecule is O=C(N[C@@H](CC1CCCCC1)C(=O)N[C@@H](C[C@@H]1CCNC1=O)C(OC(=O)C1CCCCC1)S(=O)(=O)O)OCc1cccc(Cl)c1. The van der Waals surface area contributed by atoms with E-state index in [9.17, 15) is 32.1 Å². The minimum atomic E-state index is -5.03. The van der Waals surface area contributed by atoms with Crippen molar-refractivity contribution in [1.82, 2.24) is 16.0 Å². The van der Waals surface area contributed by atoms with Gasteiger partial charge in [-0.25, -0.2) is 4.79 Å². The highest BCUT2D eigenvalue weighted by Crippen LogP contribution is 2.29. The van der Waals surface area contributed by atoms with Crippen molar-refractivity contribution < 1.29 is 41.6 Å². The van der Waals surface area contributed by atoms with Gasteiger partial charge in [0.25, 0.3) is 0 Å². The largest absolute Gasteiger partial charge is 0.445 e. The Morgan fingerprint density at radius 1 is 0.978 bits per heavy atom. The molecule has 1 unspecified atom stereocenters. The van der Waals surface area contributed by atoms with Crippen molar-refractivity contribution in [3.63, 3.8) is 0 Å². The van der Waals surface area contributed by atoms with Gasteiger partial charge in [0.1, 0.15) is 12.6 Å². The third-order valence-corrected chi connectivity index (χ3v) is 10.2. The summed E-state index contributed by atoms with van der Waals surface area (Å²) in [5, 5.41) is 8.41. The van der Waals surface area contributed by atoms with Crippen molar-refractivity contribution >= 4 is 45.6 Å². The van der Waals surface area contributed by atoms with Crippen LogP contribution in [0.3, 0.4) is 0 Å². The van der Waals surface area contributed by atoms with E-state index in [0.717, 1.165) is 51.4 Å². The van der Waals surface area contributed by atoms with Crippen LogP contribution >= 0.6 is 11.6 Å². The van der Waals surface area contributed by atoms with Crippen molar-refractivity contribution in [2.75, 3.05) is 6.54 Å². The molecule has 12 nitrogen and oxygen atoms in total. The van der Waals surface area contributed by atoms with Crippen molar-refractivity contribution in [3.8, 4) is 0 Å². The van der Waals surface area contributed by atoms with Gasteiger partial charge in [-0.05, 0) is 55.7 Å². The highest BCUT2D eigenvalue weighted by Gasteiger charge is 2.42. The lowest BCUT2D eigenvalue weighted by Crippen LogP contribution is -2.56. The van der Waals surface area contributed by atoms with Crippen LogP contribution in [0.5, 0.6) is 0 Å². The van der Waals surface area contributed by atoms with Gasteiger partial charge >= 0.3 is 22.2 Å². The first-order valence-corrected chi connectivity index (χ1v) is 17.8. The molecular formula is C31H44ClN3O9S. The first-order valence-electron chi connectivity index (χ1n) is 15.9. The summed E-state index contributed by atoms with van der Waals surface area (Å²) >= 11 is 6.02. The van der Waals surface area contributed by atoms with Gasteiger partial charge in [-0.2, -0.15) is 8.42 Å². The molecule has 1 aliphatic heterocycles. The van der Waals surface area contributed by atoms with Crippen LogP contribution in [0.4, 0.5) is 4.79 Å². The van der Waals surface area contributed by atoms with E-state index < -0.39 is 57.4 Å². The van der Waals surface area contributed by atoms with E-state index in [4.69, 9.17) is 21.1 Å². The van der Waals surface area contributed by atoms with Gasteiger partial charge in [0.2, 0.25) is 17.3 Å². The second-order valence-electron chi connectivity index (χ2n) is 12.4. The molecule has 4 N–H and O–H groups in total. The Balaban J connectivity index is 1.53. The Bertz CT molecular complexity index is 1300. The summed E-state index contributed by atoms with van der Waals surface area (Å²) in [5.74, 6) is -2.91. The number of carbonyl (C=O) groups is 4. The van der Waals surface area contributed by atoms with Crippen LogP contribution in [0.1, 0.15) is 89.0 Å². The maximum Gasteiger partial charge on any atom is 0.408 e. The van der Waals surface area contributed by atoms with Gasteiger partial charge in [-0.3, -0.25) is 18.9 Å². The summed E-state index contributed by atoms with van der Waals surface area (Å²) in [5.41, 5.74) is -1.48. The van der Waals surface area contributed by atoms with Crippen LogP contribution in [0.15, 0.2) is 24.3 Å². The van der Waals surface area contributed by atoms with E-state index in [1.807, 2.05) is 0 Å². The van der Waals surface area contributed by atoms with Crippen molar-refractivity contribution in [2.45, 2.75) is 108 Å². The fourth-order valence-corrected chi connectivity index (χ4v) is 7.57. The van der Waals surface area contributed by atoms with Crippen LogP contribution in [0.2, 0.25) is 5.02 Å². The summed E-state index contributed by atoms with van der Waals surface area (Å²) in [7, 11) is -5.03. The number of nitrogens with one attached hydrogen (secondary N) is 3. The van der Waals surface area contributed by atoms with Crippen LogP contribution in [-0.2, 0) is 40.6 Å². The number of rotatable bonds is 13. The van der Waals surface area contributed by atoms with E-state index in [-0.39, 0.29) is 31.3 Å². The maximum absolute atomic E-state index is 13.8. The normalized spacial score (nSPS) is 21.6. The number of carbonyl (C=O) groups excluding carboxylic acids is 4. The summed E-state index contributed by atoms with van der Waals surface area (Å²) < 4.78 is 46.3. The smallest absolute Gasteiger partial charge is 0.408 e. The van der Waals surface area contributed by atoms with Crippen LogP contribution in [0.25, 0.3) is 0 Å². The molecule has 3 amide bonds. The standard InChI is InChI=1S/C31H44ClN3O9S/c32-24-13-7-10-21(16-24)19-43-31(39)35-25(17-20-8-3-1-4-9-20)28(37)34-26(18-23-14-15-33-27(23)36)30(45(40,41)42)44-29(38)22-11-5-2-6-12-22/h7,10,13,16,20,22-23,25-26,30H,1-6,8-9,11-12,14-15,17-19H2,(H,33,36)(H,34,37)(H,35,39)(H,40,41,42)/t23-,25-,26-,30?/m0/s1. The number of ether oxygens (including phenoxy) is 2. The molecule has 1 saturated heterocycles. The predicted molar refractivity (Wildman–Crippen MR) is 165 cm³/mol. The summed E-state index contributed by atoms with van der Waals surface area (Å²) in [6, 6.07) is 4.22. The molecule has 0 spiro atoms. The van der Waals surface area contributed by atoms with E-state index in [1.165, 1.54) is 0 Å². The highest BCUT2D eigenvalue weighted by atomic mass is 35.5. The zero-order valence-electron chi connectivity index (χ0n) is 25.4. The van der Waals surface area contributed by atoms with Gasteiger partial charge in [-0.15, -0.1) is 0 Å². The van der Waals surface area contributed by atoms with Crippen molar-refractivity contribution in [1.29, 1.82) is 0 Å². The monoisotopic (exact) mass is 669 g/mol. The van der Waals surface area contributed by atoms with Gasteiger partial charge < -0.3 is 25.4 Å². The molecule has 14 heteroatoms. The van der Waals surface area contributed by atoms with Crippen molar-refractivity contribution in [2.24, 2.45) is 17.8 Å². The molecule has 4 rings (SSSR count). The average molecular weight is 670 g/mol. The molecule has 1 aromatic rings. The fraction of sp³-hybridized carbons (Fsp3) is 0.677. The lowest BCUT2D eigenvalue weighted by atomic mass is 9.84. The Kier molecular flexibility index (Phi) is 12.9. The molecule has 2 aliphatic carbocycles. The molecule has 0 bridgehead atoms. The molecule has 2 saturated carbocycles. The van der Waals surface area contributed by atoms with Gasteiger partial charge in [0.15, 0.2) is 0 Å². The summed E-state index contributed by atoms with van der Waals surface area (Å²) in [6.45, 7) is 0.276. The number of amides is 3. The number of esters is 1. The topological polar surface area (TPSA) is 177 Å². The molecular weight excluding hydrogens is 626 g/mol. The lowest BCUT2D eigenvalue weighted by Gasteiger charge is -2.31. The van der Waals surface area contributed by atoms with E-state index >= 15 is 0 Å². The van der Waals surface area contributed by atoms with Crippen LogP contribution < -0.4 is 16.0 Å². The van der Waals surface area contributed by atoms with Crippen LogP contribution in [0, 0.1) is 17.8 Å². The first-order chi connectivity index (χ1) is 21.5.